The number of aliphatic hydroxyl groups is 1. The summed E-state index contributed by atoms with van der Waals surface area (Å²) in [4.78, 5) is 12.4. The van der Waals surface area contributed by atoms with Crippen LogP contribution in [0.2, 0.25) is 0 Å². The van der Waals surface area contributed by atoms with Gasteiger partial charge in [-0.3, -0.25) is 4.79 Å². The van der Waals surface area contributed by atoms with Crippen LogP contribution >= 0.6 is 11.8 Å². The number of rotatable bonds is 3. The summed E-state index contributed by atoms with van der Waals surface area (Å²) >= 11 is 1.94. The molecule has 1 heterocycles. The predicted molar refractivity (Wildman–Crippen MR) is 87.6 cm³/mol. The van der Waals surface area contributed by atoms with Gasteiger partial charge in [0.2, 0.25) is 0 Å². The van der Waals surface area contributed by atoms with Gasteiger partial charge in [0.1, 0.15) is 6.61 Å². The van der Waals surface area contributed by atoms with Crippen LogP contribution in [0.5, 0.6) is 0 Å². The van der Waals surface area contributed by atoms with Gasteiger partial charge in [0.05, 0.1) is 0 Å². The SMILES string of the molecule is Cc1c(C#CCO)cccc1C(=O)NCC1(C)CCCS1. The number of thioether (sulfide) groups is 1. The average Bonchev–Trinajstić information content (AvgIpc) is 2.91. The van der Waals surface area contributed by atoms with E-state index in [-0.39, 0.29) is 17.3 Å². The van der Waals surface area contributed by atoms with Gasteiger partial charge in [-0.1, -0.05) is 17.9 Å². The fourth-order valence-electron chi connectivity index (χ4n) is 2.49. The molecule has 0 aliphatic carbocycles. The van der Waals surface area contributed by atoms with Crippen LogP contribution in [0.4, 0.5) is 0 Å². The Labute approximate surface area is 130 Å². The molecular weight excluding hydrogens is 282 g/mol. The van der Waals surface area contributed by atoms with Crippen molar-refractivity contribution in [2.24, 2.45) is 0 Å². The highest BCUT2D eigenvalue weighted by Crippen LogP contribution is 2.37. The topological polar surface area (TPSA) is 49.3 Å². The van der Waals surface area contributed by atoms with E-state index in [2.05, 4.69) is 24.1 Å². The number of amides is 1. The van der Waals surface area contributed by atoms with Gasteiger partial charge in [0.15, 0.2) is 0 Å². The Morgan fingerprint density at radius 2 is 2.33 bits per heavy atom. The minimum absolute atomic E-state index is 0.0473. The predicted octanol–water partition coefficient (Wildman–Crippen LogP) is 2.35. The first-order chi connectivity index (χ1) is 10.1. The molecule has 1 aliphatic rings. The Morgan fingerprint density at radius 3 is 3.00 bits per heavy atom. The molecule has 1 amide bonds. The molecule has 4 heteroatoms. The van der Waals surface area contributed by atoms with Crippen LogP contribution in [0.15, 0.2) is 18.2 Å². The molecule has 1 aromatic rings. The van der Waals surface area contributed by atoms with Crippen LogP contribution in [-0.4, -0.2) is 34.7 Å². The smallest absolute Gasteiger partial charge is 0.251 e. The molecular formula is C17H21NO2S. The van der Waals surface area contributed by atoms with Gasteiger partial charge < -0.3 is 10.4 Å². The Bertz CT molecular complexity index is 580. The average molecular weight is 303 g/mol. The molecule has 2 N–H and O–H groups in total. The molecule has 3 nitrogen and oxygen atoms in total. The molecule has 0 saturated carbocycles. The van der Waals surface area contributed by atoms with Crippen molar-refractivity contribution >= 4 is 17.7 Å². The lowest BCUT2D eigenvalue weighted by molar-refractivity contribution is 0.0949. The molecule has 0 aromatic heterocycles. The number of benzene rings is 1. The monoisotopic (exact) mass is 303 g/mol. The second-order valence-electron chi connectivity index (χ2n) is 5.52. The number of hydrogen-bond donors (Lipinski definition) is 2. The number of hydrogen-bond acceptors (Lipinski definition) is 3. The van der Waals surface area contributed by atoms with Gasteiger partial charge in [-0.25, -0.2) is 0 Å². The Hall–Kier alpha value is -1.44. The molecule has 0 spiro atoms. The lowest BCUT2D eigenvalue weighted by Crippen LogP contribution is -2.37. The minimum atomic E-state index is -0.175. The molecule has 0 bridgehead atoms. The highest BCUT2D eigenvalue weighted by molar-refractivity contribution is 8.00. The molecule has 1 unspecified atom stereocenters. The first kappa shape index (κ1) is 15.9. The number of nitrogens with one attached hydrogen (secondary N) is 1. The maximum absolute atomic E-state index is 12.4. The fraction of sp³-hybridized carbons (Fsp3) is 0.471. The molecule has 1 fully saturated rings. The first-order valence-corrected chi connectivity index (χ1v) is 8.16. The normalized spacial score (nSPS) is 20.7. The van der Waals surface area contributed by atoms with Gasteiger partial charge in [0, 0.05) is 22.4 Å². The van der Waals surface area contributed by atoms with Crippen LogP contribution in [0.25, 0.3) is 0 Å². The largest absolute Gasteiger partial charge is 0.384 e. The highest BCUT2D eigenvalue weighted by Gasteiger charge is 2.29. The van der Waals surface area contributed by atoms with Crippen molar-refractivity contribution in [3.63, 3.8) is 0 Å². The summed E-state index contributed by atoms with van der Waals surface area (Å²) in [5.41, 5.74) is 2.31. The van der Waals surface area contributed by atoms with E-state index in [1.165, 1.54) is 12.2 Å². The van der Waals surface area contributed by atoms with E-state index in [4.69, 9.17) is 5.11 Å². The van der Waals surface area contributed by atoms with E-state index < -0.39 is 0 Å². The van der Waals surface area contributed by atoms with E-state index >= 15 is 0 Å². The van der Waals surface area contributed by atoms with Crippen LogP contribution < -0.4 is 5.32 Å². The third kappa shape index (κ3) is 4.03. The Kier molecular flexibility index (Phi) is 5.33. The second kappa shape index (κ2) is 7.02. The van der Waals surface area contributed by atoms with Crippen molar-refractivity contribution in [3.05, 3.63) is 34.9 Å². The highest BCUT2D eigenvalue weighted by atomic mass is 32.2. The van der Waals surface area contributed by atoms with Gasteiger partial charge in [0.25, 0.3) is 5.91 Å². The maximum Gasteiger partial charge on any atom is 0.251 e. The third-order valence-electron chi connectivity index (χ3n) is 3.80. The molecule has 1 saturated heterocycles. The zero-order valence-corrected chi connectivity index (χ0v) is 13.3. The van der Waals surface area contributed by atoms with Crippen LogP contribution in [-0.2, 0) is 0 Å². The van der Waals surface area contributed by atoms with Crippen molar-refractivity contribution in [2.45, 2.75) is 31.4 Å². The van der Waals surface area contributed by atoms with Crippen molar-refractivity contribution in [2.75, 3.05) is 18.9 Å². The van der Waals surface area contributed by atoms with E-state index in [1.807, 2.05) is 36.9 Å². The molecule has 1 aliphatic heterocycles. The van der Waals surface area contributed by atoms with Gasteiger partial charge in [-0.2, -0.15) is 11.8 Å². The third-order valence-corrected chi connectivity index (χ3v) is 5.34. The summed E-state index contributed by atoms with van der Waals surface area (Å²) in [6.45, 7) is 4.62. The molecule has 1 aromatic carbocycles. The minimum Gasteiger partial charge on any atom is -0.384 e. The first-order valence-electron chi connectivity index (χ1n) is 7.17. The Balaban J connectivity index is 2.08. The summed E-state index contributed by atoms with van der Waals surface area (Å²) in [6.07, 6.45) is 2.38. The summed E-state index contributed by atoms with van der Waals surface area (Å²) in [6, 6.07) is 5.51. The van der Waals surface area contributed by atoms with Crippen molar-refractivity contribution in [3.8, 4) is 11.8 Å². The number of carbonyl (C=O) groups excluding carboxylic acids is 1. The van der Waals surface area contributed by atoms with Crippen LogP contribution in [0, 0.1) is 18.8 Å². The van der Waals surface area contributed by atoms with Gasteiger partial charge >= 0.3 is 0 Å². The van der Waals surface area contributed by atoms with E-state index in [9.17, 15) is 4.79 Å². The Morgan fingerprint density at radius 1 is 1.52 bits per heavy atom. The summed E-state index contributed by atoms with van der Waals surface area (Å²) in [5.74, 6) is 6.63. The number of carbonyl (C=O) groups is 1. The quantitative estimate of drug-likeness (QED) is 0.843. The van der Waals surface area contributed by atoms with Crippen LogP contribution in [0.1, 0.15) is 41.3 Å². The second-order valence-corrected chi connectivity index (χ2v) is 7.21. The number of aliphatic hydroxyl groups excluding tert-OH is 1. The fourth-order valence-corrected chi connectivity index (χ4v) is 3.73. The van der Waals surface area contributed by atoms with Crippen molar-refractivity contribution in [1.82, 2.24) is 5.32 Å². The standard InChI is InChI=1S/C17H21NO2S/c1-13-14(7-4-10-19)6-3-8-15(13)16(20)18-12-17(2)9-5-11-21-17/h3,6,8,19H,5,9-12H2,1-2H3,(H,18,20). The van der Waals surface area contributed by atoms with E-state index in [0.717, 1.165) is 17.5 Å². The van der Waals surface area contributed by atoms with Gasteiger partial charge in [-0.15, -0.1) is 0 Å². The zero-order chi connectivity index (χ0) is 15.3. The zero-order valence-electron chi connectivity index (χ0n) is 12.5. The van der Waals surface area contributed by atoms with E-state index in [0.29, 0.717) is 12.1 Å². The van der Waals surface area contributed by atoms with E-state index in [1.54, 1.807) is 0 Å². The lowest BCUT2D eigenvalue weighted by Gasteiger charge is -2.23. The molecule has 2 rings (SSSR count). The van der Waals surface area contributed by atoms with Crippen LogP contribution in [0.3, 0.4) is 0 Å². The summed E-state index contributed by atoms with van der Waals surface area (Å²) in [7, 11) is 0. The molecule has 112 valence electrons. The van der Waals surface area contributed by atoms with Crippen molar-refractivity contribution in [1.29, 1.82) is 0 Å². The summed E-state index contributed by atoms with van der Waals surface area (Å²) in [5, 5.41) is 11.8. The van der Waals surface area contributed by atoms with Crippen molar-refractivity contribution < 1.29 is 9.90 Å². The lowest BCUT2D eigenvalue weighted by atomic mass is 10.0. The summed E-state index contributed by atoms with van der Waals surface area (Å²) < 4.78 is 0.165. The molecule has 1 atom stereocenters. The maximum atomic E-state index is 12.4. The molecule has 0 radical (unpaired) electrons. The van der Waals surface area contributed by atoms with Gasteiger partial charge in [-0.05, 0) is 50.1 Å². The molecule has 21 heavy (non-hydrogen) atoms.